The first-order valence-corrected chi connectivity index (χ1v) is 8.64. The molecular weight excluding hydrogens is 275 g/mol. The first-order chi connectivity index (χ1) is 6.22. The van der Waals surface area contributed by atoms with E-state index in [4.69, 9.17) is 4.74 Å². The van der Waals surface area contributed by atoms with Crippen molar-refractivity contribution in [1.29, 1.82) is 0 Å². The van der Waals surface area contributed by atoms with E-state index in [1.165, 1.54) is 19.3 Å². The fourth-order valence-electron chi connectivity index (χ4n) is 2.56. The van der Waals surface area contributed by atoms with Crippen LogP contribution in [0, 0.1) is 11.8 Å². The number of rotatable bonds is 3. The topological polar surface area (TPSA) is 9.23 Å². The second-order valence-corrected chi connectivity index (χ2v) is 7.14. The SMILES string of the molecule is CCC1CC([I-]C)CC(C)C1OC. The number of hydrogen-bond donors (Lipinski definition) is 0. The van der Waals surface area contributed by atoms with E-state index in [9.17, 15) is 0 Å². The van der Waals surface area contributed by atoms with Gasteiger partial charge in [0.1, 0.15) is 0 Å². The number of methoxy groups -OCH3 is 1. The molecule has 0 aromatic carbocycles. The number of ether oxygens (including phenoxy) is 1. The van der Waals surface area contributed by atoms with Gasteiger partial charge in [0.05, 0.1) is 0 Å². The van der Waals surface area contributed by atoms with Crippen LogP contribution in [-0.4, -0.2) is 22.1 Å². The molecule has 80 valence electrons. The van der Waals surface area contributed by atoms with Gasteiger partial charge in [0.15, 0.2) is 0 Å². The summed E-state index contributed by atoms with van der Waals surface area (Å²) in [4.78, 5) is 2.43. The van der Waals surface area contributed by atoms with Crippen molar-refractivity contribution < 1.29 is 25.9 Å². The van der Waals surface area contributed by atoms with Gasteiger partial charge in [0.2, 0.25) is 0 Å². The average molecular weight is 297 g/mol. The van der Waals surface area contributed by atoms with Crippen LogP contribution in [0.4, 0.5) is 0 Å². The zero-order valence-electron chi connectivity index (χ0n) is 9.22. The van der Waals surface area contributed by atoms with E-state index in [0.29, 0.717) is 27.3 Å². The molecule has 0 spiro atoms. The third-order valence-corrected chi connectivity index (χ3v) is 6.10. The van der Waals surface area contributed by atoms with Crippen molar-refractivity contribution in [2.24, 2.45) is 11.8 Å². The first kappa shape index (κ1) is 11.8. The molecule has 4 atom stereocenters. The Kier molecular flexibility index (Phi) is 5.01. The molecule has 1 nitrogen and oxygen atoms in total. The molecule has 1 rings (SSSR count). The van der Waals surface area contributed by atoms with Crippen LogP contribution in [0.1, 0.15) is 33.1 Å². The molecule has 0 aromatic rings. The molecule has 2 heteroatoms. The van der Waals surface area contributed by atoms with Gasteiger partial charge in [0, 0.05) is 0 Å². The monoisotopic (exact) mass is 297 g/mol. The maximum atomic E-state index is 5.61. The van der Waals surface area contributed by atoms with Crippen LogP contribution in [0.5, 0.6) is 0 Å². The molecule has 0 saturated heterocycles. The second-order valence-electron chi connectivity index (χ2n) is 4.13. The molecule has 0 heterocycles. The van der Waals surface area contributed by atoms with Gasteiger partial charge >= 0.3 is 93.0 Å². The van der Waals surface area contributed by atoms with Gasteiger partial charge in [-0.25, -0.2) is 0 Å². The second kappa shape index (κ2) is 5.54. The molecule has 1 aliphatic carbocycles. The Balaban J connectivity index is 2.57. The standard InChI is InChI=1S/C11H22IO/c1-5-9-7-10(12-3)6-8(2)11(9)13-4/h8-11H,5-7H2,1-4H3/q-1. The number of alkyl halides is 2. The van der Waals surface area contributed by atoms with E-state index in [-0.39, 0.29) is 0 Å². The molecule has 13 heavy (non-hydrogen) atoms. The normalized spacial score (nSPS) is 40.9. The Morgan fingerprint density at radius 1 is 1.38 bits per heavy atom. The van der Waals surface area contributed by atoms with Crippen LogP contribution in [0.3, 0.4) is 0 Å². The van der Waals surface area contributed by atoms with Crippen molar-refractivity contribution in [1.82, 2.24) is 0 Å². The minimum absolute atomic E-state index is 0.446. The van der Waals surface area contributed by atoms with Gasteiger partial charge < -0.3 is 0 Å². The molecule has 1 aliphatic rings. The Morgan fingerprint density at radius 2 is 2.08 bits per heavy atom. The van der Waals surface area contributed by atoms with Crippen LogP contribution in [0.25, 0.3) is 0 Å². The van der Waals surface area contributed by atoms with Crippen LogP contribution in [-0.2, 0) is 4.74 Å². The summed E-state index contributed by atoms with van der Waals surface area (Å²) in [6.45, 7) is 4.67. The fourth-order valence-corrected chi connectivity index (χ4v) is 5.04. The van der Waals surface area contributed by atoms with Gasteiger partial charge in [0.25, 0.3) is 0 Å². The Hall–Kier alpha value is 0.690. The van der Waals surface area contributed by atoms with Gasteiger partial charge in [-0.15, -0.1) is 0 Å². The molecule has 0 bridgehead atoms. The van der Waals surface area contributed by atoms with Crippen molar-refractivity contribution in [3.63, 3.8) is 0 Å². The van der Waals surface area contributed by atoms with Crippen LogP contribution in [0.15, 0.2) is 0 Å². The predicted octanol–water partition coefficient (Wildman–Crippen LogP) is -0.455. The molecule has 0 N–H and O–H groups in total. The van der Waals surface area contributed by atoms with E-state index in [1.54, 1.807) is 0 Å². The van der Waals surface area contributed by atoms with Gasteiger partial charge in [-0.3, -0.25) is 0 Å². The van der Waals surface area contributed by atoms with Crippen molar-refractivity contribution in [2.45, 2.75) is 43.1 Å². The number of hydrogen-bond acceptors (Lipinski definition) is 1. The summed E-state index contributed by atoms with van der Waals surface area (Å²) in [5.41, 5.74) is 0. The molecule has 0 radical (unpaired) electrons. The summed E-state index contributed by atoms with van der Waals surface area (Å²) in [6, 6.07) is 0. The zero-order chi connectivity index (χ0) is 9.84. The van der Waals surface area contributed by atoms with E-state index in [2.05, 4.69) is 18.8 Å². The summed E-state index contributed by atoms with van der Waals surface area (Å²) in [5, 5.41) is 0. The zero-order valence-corrected chi connectivity index (χ0v) is 11.4. The van der Waals surface area contributed by atoms with E-state index in [0.717, 1.165) is 15.8 Å². The Labute approximate surface area is 92.9 Å². The molecule has 0 aromatic heterocycles. The van der Waals surface area contributed by atoms with Gasteiger partial charge in [-0.1, -0.05) is 0 Å². The van der Waals surface area contributed by atoms with Crippen LogP contribution >= 0.6 is 0 Å². The summed E-state index contributed by atoms with van der Waals surface area (Å²) in [5.74, 6) is 1.62. The number of halogens is 1. The van der Waals surface area contributed by atoms with E-state index in [1.807, 2.05) is 7.11 Å². The van der Waals surface area contributed by atoms with Crippen molar-refractivity contribution in [2.75, 3.05) is 12.0 Å². The Bertz CT molecular complexity index is 149. The molecule has 1 saturated carbocycles. The molecule has 0 amide bonds. The Morgan fingerprint density at radius 3 is 2.54 bits per heavy atom. The third kappa shape index (κ3) is 2.82. The summed E-state index contributed by atoms with van der Waals surface area (Å²) in [7, 11) is 1.88. The van der Waals surface area contributed by atoms with E-state index >= 15 is 0 Å². The predicted molar refractivity (Wildman–Crippen MR) is 52.7 cm³/mol. The third-order valence-electron chi connectivity index (χ3n) is 3.32. The van der Waals surface area contributed by atoms with Crippen molar-refractivity contribution in [3.8, 4) is 0 Å². The van der Waals surface area contributed by atoms with Crippen molar-refractivity contribution in [3.05, 3.63) is 0 Å². The minimum atomic E-state index is 0.446. The van der Waals surface area contributed by atoms with E-state index < -0.39 is 0 Å². The molecule has 0 aliphatic heterocycles. The van der Waals surface area contributed by atoms with Gasteiger partial charge in [-0.2, -0.15) is 0 Å². The quantitative estimate of drug-likeness (QED) is 0.506. The molecular formula is C11H22IO-. The van der Waals surface area contributed by atoms with Crippen LogP contribution in [0.2, 0.25) is 0 Å². The van der Waals surface area contributed by atoms with Crippen LogP contribution < -0.4 is 21.2 Å². The van der Waals surface area contributed by atoms with Crippen molar-refractivity contribution >= 4 is 0 Å². The first-order valence-electron chi connectivity index (χ1n) is 5.23. The summed E-state index contributed by atoms with van der Waals surface area (Å²) in [6.07, 6.45) is 4.68. The summed E-state index contributed by atoms with van der Waals surface area (Å²) < 4.78 is 6.67. The average Bonchev–Trinajstić information content (AvgIpc) is 2.16. The fraction of sp³-hybridized carbons (Fsp3) is 1.00. The van der Waals surface area contributed by atoms with Gasteiger partial charge in [-0.05, 0) is 0 Å². The summed E-state index contributed by atoms with van der Waals surface area (Å²) >= 11 is 0.446. The maximum absolute atomic E-state index is 5.61. The molecule has 1 fully saturated rings. The molecule has 4 unspecified atom stereocenters.